The van der Waals surface area contributed by atoms with Crippen LogP contribution < -0.4 is 15.1 Å². The van der Waals surface area contributed by atoms with Gasteiger partial charge in [0.15, 0.2) is 0 Å². The quantitative estimate of drug-likeness (QED) is 0.323. The number of nitrogens with one attached hydrogen (secondary N) is 1. The van der Waals surface area contributed by atoms with E-state index in [2.05, 4.69) is 24.1 Å². The molecule has 2 aromatic carbocycles. The van der Waals surface area contributed by atoms with Gasteiger partial charge in [-0.2, -0.15) is 0 Å². The largest absolute Gasteiger partial charge is 0.455 e. The molecule has 2 N–H and O–H groups in total. The van der Waals surface area contributed by atoms with Gasteiger partial charge in [-0.3, -0.25) is 19.2 Å². The molecule has 0 aliphatic carbocycles. The molecule has 260 valence electrons. The van der Waals surface area contributed by atoms with Crippen LogP contribution in [-0.4, -0.2) is 90.3 Å². The summed E-state index contributed by atoms with van der Waals surface area (Å²) in [6.07, 6.45) is 6.69. The second kappa shape index (κ2) is 14.6. The van der Waals surface area contributed by atoms with Crippen LogP contribution in [-0.2, 0) is 28.7 Å². The molecule has 11 heteroatoms. The lowest BCUT2D eigenvalue weighted by atomic mass is 9.74. The van der Waals surface area contributed by atoms with Crippen LogP contribution >= 0.6 is 0 Å². The first kappa shape index (κ1) is 34.4. The number of hydrogen-bond donors (Lipinski definition) is 2. The Morgan fingerprint density at radius 3 is 2.39 bits per heavy atom. The van der Waals surface area contributed by atoms with Gasteiger partial charge in [-0.1, -0.05) is 61.6 Å². The number of carbonyl (C=O) groups is 4. The molecule has 4 aliphatic heterocycles. The van der Waals surface area contributed by atoms with Gasteiger partial charge in [-0.15, -0.1) is 0 Å². The van der Waals surface area contributed by atoms with Gasteiger partial charge in [0.1, 0.15) is 23.7 Å². The normalized spacial score (nSPS) is 29.8. The summed E-state index contributed by atoms with van der Waals surface area (Å²) in [5.74, 6) is -3.70. The van der Waals surface area contributed by atoms with E-state index in [-0.39, 0.29) is 37.9 Å². The fourth-order valence-corrected chi connectivity index (χ4v) is 7.79. The van der Waals surface area contributed by atoms with Gasteiger partial charge in [-0.25, -0.2) is 0 Å². The first-order chi connectivity index (χ1) is 23.8. The molecular formula is C38H46N4O7. The fraction of sp³-hybridized carbons (Fsp3) is 0.474. The Labute approximate surface area is 287 Å². The van der Waals surface area contributed by atoms with Crippen molar-refractivity contribution in [1.82, 2.24) is 10.2 Å². The third kappa shape index (κ3) is 6.25. The number of allylic oxidation sites excluding steroid dienone is 1. The van der Waals surface area contributed by atoms with Crippen LogP contribution in [0.5, 0.6) is 0 Å². The number of cyclic esters (lactones) is 1. The predicted octanol–water partition coefficient (Wildman–Crippen LogP) is 3.54. The van der Waals surface area contributed by atoms with Crippen molar-refractivity contribution in [3.8, 4) is 0 Å². The molecule has 0 aromatic heterocycles. The third-order valence-electron chi connectivity index (χ3n) is 10.4. The van der Waals surface area contributed by atoms with E-state index >= 15 is 4.79 Å². The summed E-state index contributed by atoms with van der Waals surface area (Å²) >= 11 is 0. The Kier molecular flexibility index (Phi) is 10.2. The van der Waals surface area contributed by atoms with E-state index in [1.807, 2.05) is 73.7 Å². The van der Waals surface area contributed by atoms with Gasteiger partial charge >= 0.3 is 5.97 Å². The first-order valence-corrected chi connectivity index (χ1v) is 17.4. The zero-order valence-electron chi connectivity index (χ0n) is 28.4. The number of ether oxygens (including phenoxy) is 2. The fourth-order valence-electron chi connectivity index (χ4n) is 7.79. The van der Waals surface area contributed by atoms with Crippen LogP contribution in [0.25, 0.3) is 0 Å². The van der Waals surface area contributed by atoms with Crippen molar-refractivity contribution >= 4 is 35.1 Å². The van der Waals surface area contributed by atoms with E-state index < -0.39 is 53.6 Å². The number of hydrogen-bond acceptors (Lipinski definition) is 8. The maximum Gasteiger partial charge on any atom is 0.313 e. The maximum absolute atomic E-state index is 15.0. The van der Waals surface area contributed by atoms with Gasteiger partial charge in [0, 0.05) is 37.4 Å². The molecule has 49 heavy (non-hydrogen) atoms. The summed E-state index contributed by atoms with van der Waals surface area (Å²) in [6, 6.07) is 15.1. The topological polar surface area (TPSA) is 129 Å². The van der Waals surface area contributed by atoms with Crippen molar-refractivity contribution in [1.29, 1.82) is 0 Å². The lowest BCUT2D eigenvalue weighted by Gasteiger charge is -2.38. The number of benzene rings is 2. The minimum Gasteiger partial charge on any atom is -0.455 e. The second-order valence-corrected chi connectivity index (χ2v) is 13.0. The van der Waals surface area contributed by atoms with Crippen LogP contribution in [0.1, 0.15) is 51.7 Å². The summed E-state index contributed by atoms with van der Waals surface area (Å²) in [5.41, 5.74) is 0.915. The summed E-state index contributed by atoms with van der Waals surface area (Å²) in [4.78, 5) is 61.8. The highest BCUT2D eigenvalue weighted by Crippen LogP contribution is 2.56. The van der Waals surface area contributed by atoms with E-state index in [4.69, 9.17) is 9.47 Å². The Balaban J connectivity index is 1.43. The molecule has 11 nitrogen and oxygen atoms in total. The number of fused-ring (bicyclic) bond motifs is 2. The number of nitrogens with zero attached hydrogens (tertiary/aromatic N) is 3. The van der Waals surface area contributed by atoms with Crippen LogP contribution in [0.15, 0.2) is 78.9 Å². The van der Waals surface area contributed by atoms with Gasteiger partial charge < -0.3 is 34.6 Å². The molecule has 4 heterocycles. The van der Waals surface area contributed by atoms with Crippen LogP contribution in [0, 0.1) is 11.8 Å². The molecular weight excluding hydrogens is 624 g/mol. The van der Waals surface area contributed by atoms with Crippen LogP contribution in [0.3, 0.4) is 0 Å². The van der Waals surface area contributed by atoms with Crippen molar-refractivity contribution in [2.45, 2.75) is 69.9 Å². The standard InChI is InChI=1S/C38H46N4O7/c1-4-26(24-43)42-34-36(46)41(28-18-16-27(17-19-28)40(5-2)6-3)22-12-8-11-15-31(44)39-23-30(25-13-9-7-10-14-25)48-37(47)32-29-20-21-38(34,49-29)33(32)35(42)45/h7-10,12-14,16-21,26,29-30,32-34,43H,4-6,11,15,22-24H2,1-3H3,(H,39,44)/b12-8-/t26-,29-,30-,32+,33+,34-,38+/m0/s1. The Morgan fingerprint density at radius 2 is 1.71 bits per heavy atom. The van der Waals surface area contributed by atoms with E-state index in [0.29, 0.717) is 24.1 Å². The van der Waals surface area contributed by atoms with Gasteiger partial charge in [0.25, 0.3) is 5.91 Å². The highest BCUT2D eigenvalue weighted by Gasteiger charge is 2.74. The summed E-state index contributed by atoms with van der Waals surface area (Å²) in [5, 5.41) is 13.4. The van der Waals surface area contributed by atoms with Crippen molar-refractivity contribution in [3.05, 3.63) is 84.5 Å². The molecule has 2 saturated heterocycles. The summed E-state index contributed by atoms with van der Waals surface area (Å²) in [6.45, 7) is 7.56. The van der Waals surface area contributed by atoms with E-state index in [0.717, 1.165) is 18.8 Å². The molecule has 2 fully saturated rings. The van der Waals surface area contributed by atoms with E-state index in [1.54, 1.807) is 17.1 Å². The number of esters is 1. The molecule has 2 aromatic rings. The zero-order chi connectivity index (χ0) is 34.7. The van der Waals surface area contributed by atoms with Gasteiger partial charge in [0.05, 0.1) is 31.2 Å². The van der Waals surface area contributed by atoms with E-state index in [9.17, 15) is 19.5 Å². The first-order valence-electron chi connectivity index (χ1n) is 17.4. The molecule has 4 aliphatic rings. The molecule has 3 amide bonds. The van der Waals surface area contributed by atoms with Crippen molar-refractivity contribution in [2.75, 3.05) is 42.6 Å². The maximum atomic E-state index is 15.0. The second-order valence-electron chi connectivity index (χ2n) is 13.0. The third-order valence-corrected chi connectivity index (χ3v) is 10.4. The molecule has 0 saturated carbocycles. The SMILES string of the molecule is CC[C@@H](CO)N1C(=O)[C@H]2[C@@H]3C(=O)O[C@H](c4ccccc4)CNC(=O)CC/C=C\CN(c4ccc(N(CC)CC)cc4)C(=O)[C@H]1[C@@]21C=C[C@@H]3O1. The number of anilines is 2. The van der Waals surface area contributed by atoms with Gasteiger partial charge in [-0.05, 0) is 56.5 Å². The van der Waals surface area contributed by atoms with Crippen molar-refractivity contribution in [3.63, 3.8) is 0 Å². The molecule has 5 bridgehead atoms. The smallest absolute Gasteiger partial charge is 0.313 e. The highest BCUT2D eigenvalue weighted by molar-refractivity contribution is 6.05. The Bertz CT molecular complexity index is 1590. The number of aliphatic hydroxyl groups is 1. The lowest BCUT2D eigenvalue weighted by molar-refractivity contribution is -0.160. The van der Waals surface area contributed by atoms with E-state index in [1.165, 1.54) is 4.90 Å². The van der Waals surface area contributed by atoms with Crippen molar-refractivity contribution < 1.29 is 33.8 Å². The average Bonchev–Trinajstić information content (AvgIpc) is 3.77. The summed E-state index contributed by atoms with van der Waals surface area (Å²) in [7, 11) is 0. The molecule has 0 radical (unpaired) electrons. The zero-order valence-corrected chi connectivity index (χ0v) is 28.4. The Hall–Kier alpha value is -4.48. The lowest BCUT2D eigenvalue weighted by Crippen LogP contribution is -2.58. The molecule has 1 spiro atoms. The summed E-state index contributed by atoms with van der Waals surface area (Å²) < 4.78 is 12.7. The number of aliphatic hydroxyl groups excluding tert-OH is 1. The van der Waals surface area contributed by atoms with Crippen molar-refractivity contribution in [2.24, 2.45) is 11.8 Å². The number of amides is 3. The average molecular weight is 671 g/mol. The monoisotopic (exact) mass is 670 g/mol. The molecule has 7 atom stereocenters. The number of rotatable bonds is 8. The molecule has 0 unspecified atom stereocenters. The van der Waals surface area contributed by atoms with Gasteiger partial charge in [0.2, 0.25) is 11.8 Å². The number of carbonyl (C=O) groups excluding carboxylic acids is 4. The number of likely N-dealkylation sites (tertiary alicyclic amines) is 1. The minimum absolute atomic E-state index is 0.0586. The van der Waals surface area contributed by atoms with Crippen LogP contribution in [0.4, 0.5) is 11.4 Å². The predicted molar refractivity (Wildman–Crippen MR) is 185 cm³/mol. The molecule has 6 rings (SSSR count). The minimum atomic E-state index is -1.43. The Morgan fingerprint density at radius 1 is 0.980 bits per heavy atom. The highest BCUT2D eigenvalue weighted by atomic mass is 16.6. The van der Waals surface area contributed by atoms with Crippen LogP contribution in [0.2, 0.25) is 0 Å².